The lowest BCUT2D eigenvalue weighted by Crippen LogP contribution is -2.17. The number of nitrogens with zero attached hydrogens (tertiary/aromatic N) is 2. The summed E-state index contributed by atoms with van der Waals surface area (Å²) in [5.74, 6) is 0.800. The normalized spacial score (nSPS) is 16.6. The van der Waals surface area contributed by atoms with E-state index in [1.54, 1.807) is 6.20 Å². The van der Waals surface area contributed by atoms with E-state index in [-0.39, 0.29) is 6.61 Å². The van der Waals surface area contributed by atoms with Gasteiger partial charge in [-0.2, -0.15) is 0 Å². The Morgan fingerprint density at radius 1 is 1.50 bits per heavy atom. The number of aliphatic hydroxyl groups excluding tert-OH is 1. The number of anilines is 1. The van der Waals surface area contributed by atoms with Gasteiger partial charge in [-0.15, -0.1) is 0 Å². The molecule has 1 aromatic rings. The number of hydrogen-bond acceptors (Lipinski definition) is 5. The van der Waals surface area contributed by atoms with Crippen molar-refractivity contribution in [1.82, 2.24) is 9.97 Å². The lowest BCUT2D eigenvalue weighted by Gasteiger charge is -2.15. The van der Waals surface area contributed by atoms with Crippen molar-refractivity contribution in [2.24, 2.45) is 0 Å². The van der Waals surface area contributed by atoms with E-state index in [4.69, 9.17) is 0 Å². The number of rotatable bonds is 4. The average Bonchev–Trinajstić information content (AvgIpc) is 2.82. The highest BCUT2D eigenvalue weighted by atomic mass is 32.2. The Kier molecular flexibility index (Phi) is 4.01. The quantitative estimate of drug-likeness (QED) is 0.622. The Morgan fingerprint density at radius 2 is 2.25 bits per heavy atom. The Hall–Kier alpha value is -0.810. The first-order chi connectivity index (χ1) is 7.83. The number of nitrogens with one attached hydrogen (secondary N) is 1. The minimum Gasteiger partial charge on any atom is -0.391 e. The van der Waals surface area contributed by atoms with Crippen LogP contribution in [0.3, 0.4) is 0 Å². The summed E-state index contributed by atoms with van der Waals surface area (Å²) in [4.78, 5) is 8.56. The van der Waals surface area contributed by atoms with Crippen molar-refractivity contribution >= 4 is 17.6 Å². The third kappa shape index (κ3) is 2.65. The van der Waals surface area contributed by atoms with E-state index >= 15 is 0 Å². The zero-order chi connectivity index (χ0) is 11.4. The lowest BCUT2D eigenvalue weighted by molar-refractivity contribution is 0.281. The van der Waals surface area contributed by atoms with Gasteiger partial charge in [-0.25, -0.2) is 9.97 Å². The second-order valence-electron chi connectivity index (χ2n) is 4.01. The van der Waals surface area contributed by atoms with Crippen LogP contribution >= 0.6 is 11.8 Å². The molecular formula is C11H17N3OS. The highest BCUT2D eigenvalue weighted by Gasteiger charge is 2.17. The number of thioether (sulfide) groups is 1. The van der Waals surface area contributed by atoms with Crippen LogP contribution in [-0.2, 0) is 6.61 Å². The third-order valence-corrected chi connectivity index (χ3v) is 3.45. The van der Waals surface area contributed by atoms with Gasteiger partial charge >= 0.3 is 0 Å². The van der Waals surface area contributed by atoms with Gasteiger partial charge in [-0.05, 0) is 19.1 Å². The van der Waals surface area contributed by atoms with Gasteiger partial charge < -0.3 is 10.4 Å². The molecule has 16 heavy (non-hydrogen) atoms. The summed E-state index contributed by atoms with van der Waals surface area (Å²) in [6, 6.07) is 0.509. The summed E-state index contributed by atoms with van der Waals surface area (Å²) >= 11 is 1.52. The third-order valence-electron chi connectivity index (χ3n) is 2.89. The number of aliphatic hydroxyl groups is 1. The van der Waals surface area contributed by atoms with Crippen molar-refractivity contribution in [2.45, 2.75) is 43.5 Å². The van der Waals surface area contributed by atoms with E-state index in [1.165, 1.54) is 37.4 Å². The SMILES string of the molecule is CSc1ncc(CO)c(NC2CCCC2)n1. The minimum absolute atomic E-state index is 0.0102. The molecule has 88 valence electrons. The van der Waals surface area contributed by atoms with Crippen molar-refractivity contribution in [1.29, 1.82) is 0 Å². The maximum atomic E-state index is 9.23. The molecule has 1 fully saturated rings. The molecule has 1 aromatic heterocycles. The van der Waals surface area contributed by atoms with Crippen LogP contribution in [0.25, 0.3) is 0 Å². The smallest absolute Gasteiger partial charge is 0.189 e. The van der Waals surface area contributed by atoms with Crippen molar-refractivity contribution < 1.29 is 5.11 Å². The molecule has 0 aliphatic heterocycles. The molecule has 0 unspecified atom stereocenters. The first-order valence-corrected chi connectivity index (χ1v) is 6.83. The predicted molar refractivity (Wildman–Crippen MR) is 65.6 cm³/mol. The molecule has 1 saturated carbocycles. The zero-order valence-corrected chi connectivity index (χ0v) is 10.3. The Labute approximate surface area is 99.9 Å². The molecular weight excluding hydrogens is 222 g/mol. The molecule has 0 radical (unpaired) electrons. The van der Waals surface area contributed by atoms with Crippen LogP contribution < -0.4 is 5.32 Å². The summed E-state index contributed by atoms with van der Waals surface area (Å²) in [5, 5.41) is 13.4. The first-order valence-electron chi connectivity index (χ1n) is 5.61. The maximum absolute atomic E-state index is 9.23. The highest BCUT2D eigenvalue weighted by molar-refractivity contribution is 7.98. The van der Waals surface area contributed by atoms with Gasteiger partial charge in [0.25, 0.3) is 0 Å². The van der Waals surface area contributed by atoms with Gasteiger partial charge in [0.2, 0.25) is 0 Å². The van der Waals surface area contributed by atoms with Gasteiger partial charge in [0.1, 0.15) is 5.82 Å². The summed E-state index contributed by atoms with van der Waals surface area (Å²) in [6.07, 6.45) is 8.62. The molecule has 0 bridgehead atoms. The summed E-state index contributed by atoms with van der Waals surface area (Å²) < 4.78 is 0. The van der Waals surface area contributed by atoms with E-state index in [1.807, 2.05) is 6.26 Å². The maximum Gasteiger partial charge on any atom is 0.189 e. The standard InChI is InChI=1S/C11H17N3OS/c1-16-11-12-6-8(7-15)10(14-11)13-9-4-2-3-5-9/h6,9,15H,2-5,7H2,1H3,(H,12,13,14). The molecule has 2 rings (SSSR count). The van der Waals surface area contributed by atoms with Gasteiger partial charge in [0.15, 0.2) is 5.16 Å². The van der Waals surface area contributed by atoms with Crippen LogP contribution in [0.4, 0.5) is 5.82 Å². The molecule has 0 spiro atoms. The van der Waals surface area contributed by atoms with Gasteiger partial charge in [-0.1, -0.05) is 24.6 Å². The average molecular weight is 239 g/mol. The van der Waals surface area contributed by atoms with Crippen molar-refractivity contribution in [2.75, 3.05) is 11.6 Å². The lowest BCUT2D eigenvalue weighted by atomic mass is 10.2. The fourth-order valence-corrected chi connectivity index (χ4v) is 2.33. The van der Waals surface area contributed by atoms with Crippen LogP contribution in [0.1, 0.15) is 31.2 Å². The van der Waals surface area contributed by atoms with Crippen LogP contribution in [0.15, 0.2) is 11.4 Å². The van der Waals surface area contributed by atoms with Crippen LogP contribution in [0.5, 0.6) is 0 Å². The summed E-state index contributed by atoms with van der Waals surface area (Å²) in [6.45, 7) is -0.0102. The Bertz CT molecular complexity index is 353. The molecule has 1 heterocycles. The molecule has 0 aromatic carbocycles. The van der Waals surface area contributed by atoms with Crippen molar-refractivity contribution in [3.63, 3.8) is 0 Å². The fourth-order valence-electron chi connectivity index (χ4n) is 1.99. The van der Waals surface area contributed by atoms with Gasteiger partial charge in [-0.3, -0.25) is 0 Å². The van der Waals surface area contributed by atoms with E-state index < -0.39 is 0 Å². The van der Waals surface area contributed by atoms with E-state index in [2.05, 4.69) is 15.3 Å². The van der Waals surface area contributed by atoms with E-state index in [0.29, 0.717) is 6.04 Å². The summed E-state index contributed by atoms with van der Waals surface area (Å²) in [5.41, 5.74) is 0.782. The topological polar surface area (TPSA) is 58.0 Å². The van der Waals surface area contributed by atoms with Gasteiger partial charge in [0, 0.05) is 17.8 Å². The molecule has 0 atom stereocenters. The van der Waals surface area contributed by atoms with Crippen molar-refractivity contribution in [3.05, 3.63) is 11.8 Å². The Morgan fingerprint density at radius 3 is 2.88 bits per heavy atom. The summed E-state index contributed by atoms with van der Waals surface area (Å²) in [7, 11) is 0. The first kappa shape index (κ1) is 11.7. The molecule has 1 aliphatic carbocycles. The largest absolute Gasteiger partial charge is 0.391 e. The molecule has 0 amide bonds. The monoisotopic (exact) mass is 239 g/mol. The van der Waals surface area contributed by atoms with E-state index in [0.717, 1.165) is 16.5 Å². The number of aromatic nitrogens is 2. The second-order valence-corrected chi connectivity index (χ2v) is 4.79. The molecule has 5 heteroatoms. The minimum atomic E-state index is -0.0102. The van der Waals surface area contributed by atoms with Crippen LogP contribution in [-0.4, -0.2) is 27.4 Å². The fraction of sp³-hybridized carbons (Fsp3) is 0.636. The number of hydrogen-bond donors (Lipinski definition) is 2. The van der Waals surface area contributed by atoms with Crippen LogP contribution in [0.2, 0.25) is 0 Å². The molecule has 0 saturated heterocycles. The molecule has 1 aliphatic rings. The van der Waals surface area contributed by atoms with Gasteiger partial charge in [0.05, 0.1) is 6.61 Å². The Balaban J connectivity index is 2.15. The predicted octanol–water partition coefficient (Wildman–Crippen LogP) is 2.05. The zero-order valence-electron chi connectivity index (χ0n) is 9.44. The van der Waals surface area contributed by atoms with Crippen molar-refractivity contribution in [3.8, 4) is 0 Å². The van der Waals surface area contributed by atoms with Crippen LogP contribution in [0, 0.1) is 0 Å². The molecule has 2 N–H and O–H groups in total. The molecule has 4 nitrogen and oxygen atoms in total. The highest BCUT2D eigenvalue weighted by Crippen LogP contribution is 2.24. The second kappa shape index (κ2) is 5.50. The van der Waals surface area contributed by atoms with E-state index in [9.17, 15) is 5.11 Å².